The zero-order valence-electron chi connectivity index (χ0n) is 19.1. The van der Waals surface area contributed by atoms with Crippen LogP contribution in [-0.4, -0.2) is 33.0 Å². The fraction of sp³-hybridized carbons (Fsp3) is 0.682. The predicted molar refractivity (Wildman–Crippen MR) is 116 cm³/mol. The van der Waals surface area contributed by atoms with Crippen molar-refractivity contribution in [1.82, 2.24) is 4.90 Å². The highest BCUT2D eigenvalue weighted by Crippen LogP contribution is 2.42. The van der Waals surface area contributed by atoms with E-state index in [-0.39, 0.29) is 29.0 Å². The monoisotopic (exact) mass is 523 g/mol. The van der Waals surface area contributed by atoms with Gasteiger partial charge in [0.1, 0.15) is 6.10 Å². The van der Waals surface area contributed by atoms with Crippen LogP contribution < -0.4 is 0 Å². The Kier molecular flexibility index (Phi) is 12.2. The van der Waals surface area contributed by atoms with Crippen LogP contribution >= 0.6 is 11.6 Å². The number of unbranched alkanes of at least 4 members (excludes halogenated alkanes) is 5. The molecule has 0 radical (unpaired) electrons. The molecule has 1 amide bonds. The molecule has 0 aliphatic carbocycles. The standard InChI is InChI=1S/C22H28ClF6NO2.2H2O/c1-3-5-6-7-8-9-10-18-20(23,4-2)30(19(31)32-18)14-15-11-16(21(24,25)26)13-17(12-15)22(27,28)29;;/h11-13,18H,3-10,14H2,1-2H3;2*1H2. The molecule has 34 heavy (non-hydrogen) atoms. The van der Waals surface area contributed by atoms with Crippen molar-refractivity contribution in [1.29, 1.82) is 0 Å². The Morgan fingerprint density at radius 1 is 0.912 bits per heavy atom. The van der Waals surface area contributed by atoms with Gasteiger partial charge in [0.2, 0.25) is 0 Å². The van der Waals surface area contributed by atoms with E-state index >= 15 is 0 Å². The van der Waals surface area contributed by atoms with Gasteiger partial charge in [-0.3, -0.25) is 4.90 Å². The van der Waals surface area contributed by atoms with E-state index in [1.54, 1.807) is 6.92 Å². The molecule has 2 atom stereocenters. The number of alkyl halides is 7. The van der Waals surface area contributed by atoms with Crippen LogP contribution in [-0.2, 0) is 23.6 Å². The molecule has 5 nitrogen and oxygen atoms in total. The average Bonchev–Trinajstić information content (AvgIpc) is 2.94. The molecule has 1 heterocycles. The van der Waals surface area contributed by atoms with E-state index in [1.807, 2.05) is 0 Å². The van der Waals surface area contributed by atoms with E-state index in [0.29, 0.717) is 18.6 Å². The maximum absolute atomic E-state index is 13.2. The molecule has 0 saturated carbocycles. The van der Waals surface area contributed by atoms with Crippen molar-refractivity contribution in [3.63, 3.8) is 0 Å². The maximum atomic E-state index is 13.2. The van der Waals surface area contributed by atoms with E-state index in [1.165, 1.54) is 0 Å². The summed E-state index contributed by atoms with van der Waals surface area (Å²) in [4.78, 5) is 12.2. The third-order valence-corrected chi connectivity index (χ3v) is 6.42. The van der Waals surface area contributed by atoms with Gasteiger partial charge in [-0.2, -0.15) is 26.3 Å². The number of rotatable bonds is 10. The molecule has 4 N–H and O–H groups in total. The number of nitrogens with zero attached hydrogens (tertiary/aromatic N) is 1. The third kappa shape index (κ3) is 7.91. The topological polar surface area (TPSA) is 92.5 Å². The van der Waals surface area contributed by atoms with E-state index in [4.69, 9.17) is 16.3 Å². The first-order chi connectivity index (χ1) is 14.8. The Morgan fingerprint density at radius 2 is 1.41 bits per heavy atom. The molecule has 0 bridgehead atoms. The normalized spacial score (nSPS) is 20.6. The number of halogens is 7. The largest absolute Gasteiger partial charge is 0.442 e. The predicted octanol–water partition coefficient (Wildman–Crippen LogP) is 6.49. The summed E-state index contributed by atoms with van der Waals surface area (Å²) in [6.45, 7) is 3.29. The second-order valence-corrected chi connectivity index (χ2v) is 8.76. The minimum Gasteiger partial charge on any atom is -0.442 e. The van der Waals surface area contributed by atoms with Gasteiger partial charge in [-0.15, -0.1) is 0 Å². The summed E-state index contributed by atoms with van der Waals surface area (Å²) in [7, 11) is 0. The fourth-order valence-corrected chi connectivity index (χ4v) is 4.18. The molecular formula is C22H32ClF6NO4. The number of benzene rings is 1. The first kappa shape index (κ1) is 32.3. The molecule has 1 aromatic carbocycles. The Balaban J connectivity index is 0.00000544. The van der Waals surface area contributed by atoms with Crippen molar-refractivity contribution >= 4 is 17.7 Å². The summed E-state index contributed by atoms with van der Waals surface area (Å²) in [6, 6.07) is 1.27. The molecule has 12 heteroatoms. The van der Waals surface area contributed by atoms with Crippen LogP contribution in [0, 0.1) is 0 Å². The van der Waals surface area contributed by atoms with Crippen molar-refractivity contribution in [3.8, 4) is 0 Å². The van der Waals surface area contributed by atoms with Gasteiger partial charge in [0.05, 0.1) is 17.7 Å². The summed E-state index contributed by atoms with van der Waals surface area (Å²) in [5, 5.41) is 0. The molecular weight excluding hydrogens is 492 g/mol. The number of ether oxygens (including phenoxy) is 1. The summed E-state index contributed by atoms with van der Waals surface area (Å²) in [5.41, 5.74) is -3.19. The van der Waals surface area contributed by atoms with Crippen molar-refractivity contribution < 1.29 is 46.8 Å². The van der Waals surface area contributed by atoms with Crippen molar-refractivity contribution in [3.05, 3.63) is 34.9 Å². The average molecular weight is 524 g/mol. The summed E-state index contributed by atoms with van der Waals surface area (Å²) >= 11 is 6.69. The van der Waals surface area contributed by atoms with Gasteiger partial charge < -0.3 is 15.7 Å². The van der Waals surface area contributed by atoms with Gasteiger partial charge in [-0.1, -0.05) is 57.6 Å². The molecule has 2 unspecified atom stereocenters. The van der Waals surface area contributed by atoms with E-state index in [0.717, 1.165) is 43.4 Å². The lowest BCUT2D eigenvalue weighted by Crippen LogP contribution is -2.45. The second-order valence-electron chi connectivity index (χ2n) is 8.10. The lowest BCUT2D eigenvalue weighted by atomic mass is 9.98. The van der Waals surface area contributed by atoms with Crippen LogP contribution in [0.1, 0.15) is 81.9 Å². The highest BCUT2D eigenvalue weighted by atomic mass is 35.5. The number of carbonyl (C=O) groups excluding carboxylic acids is 1. The number of carbonyl (C=O) groups is 1. The number of cyclic esters (lactones) is 1. The smallest absolute Gasteiger partial charge is 0.416 e. The van der Waals surface area contributed by atoms with Crippen LogP contribution in [0.15, 0.2) is 18.2 Å². The Hall–Kier alpha value is -1.72. The van der Waals surface area contributed by atoms with Gasteiger partial charge in [-0.05, 0) is 43.0 Å². The molecule has 1 saturated heterocycles. The van der Waals surface area contributed by atoms with Crippen molar-refractivity contribution in [2.75, 3.05) is 0 Å². The molecule has 0 spiro atoms. The SMILES string of the molecule is CCCCCCCCC1OC(=O)N(Cc2cc(C(F)(F)F)cc(C(F)(F)F)c2)C1(Cl)CC.O.O. The van der Waals surface area contributed by atoms with E-state index in [9.17, 15) is 31.1 Å². The maximum Gasteiger partial charge on any atom is 0.416 e. The van der Waals surface area contributed by atoms with Gasteiger partial charge in [0.15, 0.2) is 5.00 Å². The summed E-state index contributed by atoms with van der Waals surface area (Å²) in [5.74, 6) is 0. The molecule has 2 rings (SSSR count). The van der Waals surface area contributed by atoms with Gasteiger partial charge in [0, 0.05) is 0 Å². The zero-order valence-corrected chi connectivity index (χ0v) is 19.8. The first-order valence-electron chi connectivity index (χ1n) is 10.8. The van der Waals surface area contributed by atoms with Crippen molar-refractivity contribution in [2.24, 2.45) is 0 Å². The molecule has 1 fully saturated rings. The molecule has 1 aliphatic heterocycles. The molecule has 1 aromatic rings. The number of hydrogen-bond acceptors (Lipinski definition) is 2. The Bertz CT molecular complexity index is 757. The highest BCUT2D eigenvalue weighted by Gasteiger charge is 2.52. The summed E-state index contributed by atoms with van der Waals surface area (Å²) < 4.78 is 84.3. The highest BCUT2D eigenvalue weighted by molar-refractivity contribution is 6.25. The van der Waals surface area contributed by atoms with Crippen LogP contribution in [0.4, 0.5) is 31.1 Å². The van der Waals surface area contributed by atoms with E-state index in [2.05, 4.69) is 6.92 Å². The van der Waals surface area contributed by atoms with Gasteiger partial charge in [-0.25, -0.2) is 4.79 Å². The number of amides is 1. The Labute approximate surface area is 200 Å². The second kappa shape index (κ2) is 12.8. The minimum absolute atomic E-state index is 0. The van der Waals surface area contributed by atoms with Crippen LogP contribution in [0.2, 0.25) is 0 Å². The lowest BCUT2D eigenvalue weighted by Gasteiger charge is -2.33. The number of hydrogen-bond donors (Lipinski definition) is 0. The van der Waals surface area contributed by atoms with Gasteiger partial charge in [0.25, 0.3) is 0 Å². The third-order valence-electron chi connectivity index (χ3n) is 5.71. The lowest BCUT2D eigenvalue weighted by molar-refractivity contribution is -0.143. The quantitative estimate of drug-likeness (QED) is 0.152. The molecule has 0 aromatic heterocycles. The van der Waals surface area contributed by atoms with E-state index < -0.39 is 47.2 Å². The van der Waals surface area contributed by atoms with Crippen LogP contribution in [0.5, 0.6) is 0 Å². The van der Waals surface area contributed by atoms with Crippen LogP contribution in [0.25, 0.3) is 0 Å². The Morgan fingerprint density at radius 3 is 1.88 bits per heavy atom. The van der Waals surface area contributed by atoms with Crippen LogP contribution in [0.3, 0.4) is 0 Å². The summed E-state index contributed by atoms with van der Waals surface area (Å²) in [6.07, 6.45) is -4.71. The minimum atomic E-state index is -4.97. The molecule has 1 aliphatic rings. The first-order valence-corrected chi connectivity index (χ1v) is 11.2. The van der Waals surface area contributed by atoms with Gasteiger partial charge >= 0.3 is 18.4 Å². The zero-order chi connectivity index (χ0) is 24.2. The molecule has 198 valence electrons. The van der Waals surface area contributed by atoms with Crippen molar-refractivity contribution in [2.45, 2.75) is 95.2 Å². The fourth-order valence-electron chi connectivity index (χ4n) is 3.90.